The second-order valence-corrected chi connectivity index (χ2v) is 5.99. The number of nitrogens with one attached hydrogen (secondary N) is 1. The van der Waals surface area contributed by atoms with Crippen LogP contribution in [0.3, 0.4) is 0 Å². The molecule has 0 saturated carbocycles. The average molecular weight is 325 g/mol. The Labute approximate surface area is 121 Å². The summed E-state index contributed by atoms with van der Waals surface area (Å²) in [6, 6.07) is 6.55. The SMILES string of the molecule is CCc1cccnc1C(Cc1sccc1Br)NC. The lowest BCUT2D eigenvalue weighted by molar-refractivity contribution is 0.573. The topological polar surface area (TPSA) is 24.9 Å². The lowest BCUT2D eigenvalue weighted by atomic mass is 10.0. The molecule has 1 N–H and O–H groups in total. The third-order valence-electron chi connectivity index (χ3n) is 3.07. The number of halogens is 1. The fourth-order valence-electron chi connectivity index (χ4n) is 2.06. The molecule has 96 valence electrons. The maximum absolute atomic E-state index is 4.56. The summed E-state index contributed by atoms with van der Waals surface area (Å²) in [5.41, 5.74) is 2.49. The Morgan fingerprint density at radius 2 is 2.28 bits per heavy atom. The fraction of sp³-hybridized carbons (Fsp3) is 0.357. The number of hydrogen-bond donors (Lipinski definition) is 1. The first-order valence-electron chi connectivity index (χ1n) is 6.09. The van der Waals surface area contributed by atoms with Crippen LogP contribution in [0.15, 0.2) is 34.2 Å². The van der Waals surface area contributed by atoms with Gasteiger partial charge in [0.1, 0.15) is 0 Å². The van der Waals surface area contributed by atoms with E-state index < -0.39 is 0 Å². The molecule has 2 aromatic rings. The number of thiophene rings is 1. The van der Waals surface area contributed by atoms with Gasteiger partial charge in [-0.2, -0.15) is 0 Å². The van der Waals surface area contributed by atoms with Crippen molar-refractivity contribution >= 4 is 27.3 Å². The first-order chi connectivity index (χ1) is 8.76. The zero-order valence-electron chi connectivity index (χ0n) is 10.6. The second-order valence-electron chi connectivity index (χ2n) is 4.14. The van der Waals surface area contributed by atoms with Crippen molar-refractivity contribution in [3.63, 3.8) is 0 Å². The van der Waals surface area contributed by atoms with Gasteiger partial charge in [0.15, 0.2) is 0 Å². The molecule has 0 aromatic carbocycles. The van der Waals surface area contributed by atoms with E-state index in [1.54, 1.807) is 11.3 Å². The number of likely N-dealkylation sites (N-methyl/N-ethyl adjacent to an activating group) is 1. The number of aromatic nitrogens is 1. The summed E-state index contributed by atoms with van der Waals surface area (Å²) in [7, 11) is 2.00. The van der Waals surface area contributed by atoms with Crippen LogP contribution in [0.5, 0.6) is 0 Å². The summed E-state index contributed by atoms with van der Waals surface area (Å²) in [5, 5.41) is 5.50. The van der Waals surface area contributed by atoms with E-state index in [4.69, 9.17) is 0 Å². The van der Waals surface area contributed by atoms with E-state index in [9.17, 15) is 0 Å². The molecule has 1 atom stereocenters. The molecule has 0 aliphatic rings. The number of nitrogens with zero attached hydrogens (tertiary/aromatic N) is 1. The highest BCUT2D eigenvalue weighted by Gasteiger charge is 2.16. The zero-order chi connectivity index (χ0) is 13.0. The van der Waals surface area contributed by atoms with Crippen molar-refractivity contribution in [2.75, 3.05) is 7.05 Å². The number of hydrogen-bond acceptors (Lipinski definition) is 3. The van der Waals surface area contributed by atoms with Gasteiger partial charge in [-0.1, -0.05) is 13.0 Å². The fourth-order valence-corrected chi connectivity index (χ4v) is 3.62. The smallest absolute Gasteiger partial charge is 0.0608 e. The van der Waals surface area contributed by atoms with E-state index in [1.165, 1.54) is 20.6 Å². The Morgan fingerprint density at radius 1 is 1.44 bits per heavy atom. The molecule has 2 heterocycles. The predicted octanol–water partition coefficient (Wildman–Crippen LogP) is 3.97. The van der Waals surface area contributed by atoms with Crippen molar-refractivity contribution in [3.05, 3.63) is 50.4 Å². The molecule has 2 rings (SSSR count). The molecule has 4 heteroatoms. The lowest BCUT2D eigenvalue weighted by Crippen LogP contribution is -2.21. The zero-order valence-corrected chi connectivity index (χ0v) is 13.0. The Morgan fingerprint density at radius 3 is 2.89 bits per heavy atom. The van der Waals surface area contributed by atoms with Crippen molar-refractivity contribution in [2.45, 2.75) is 25.8 Å². The van der Waals surface area contributed by atoms with Crippen molar-refractivity contribution in [3.8, 4) is 0 Å². The van der Waals surface area contributed by atoms with E-state index >= 15 is 0 Å². The van der Waals surface area contributed by atoms with E-state index in [2.05, 4.69) is 50.7 Å². The molecule has 0 radical (unpaired) electrons. The minimum Gasteiger partial charge on any atom is -0.311 e. The summed E-state index contributed by atoms with van der Waals surface area (Å²) in [6.45, 7) is 2.17. The Kier molecular flexibility index (Phi) is 4.92. The second kappa shape index (κ2) is 6.45. The average Bonchev–Trinajstić information content (AvgIpc) is 2.81. The molecule has 1 unspecified atom stereocenters. The maximum atomic E-state index is 4.56. The third kappa shape index (κ3) is 2.99. The van der Waals surface area contributed by atoms with Crippen LogP contribution in [0.4, 0.5) is 0 Å². The molecule has 0 spiro atoms. The van der Waals surface area contributed by atoms with E-state index in [-0.39, 0.29) is 6.04 Å². The third-order valence-corrected chi connectivity index (χ3v) is 5.01. The molecule has 0 saturated heterocycles. The highest BCUT2D eigenvalue weighted by Crippen LogP contribution is 2.28. The van der Waals surface area contributed by atoms with Crippen molar-refractivity contribution in [2.24, 2.45) is 0 Å². The van der Waals surface area contributed by atoms with Gasteiger partial charge in [-0.25, -0.2) is 0 Å². The van der Waals surface area contributed by atoms with Crippen LogP contribution in [0.2, 0.25) is 0 Å². The summed E-state index contributed by atoms with van der Waals surface area (Å²) in [5.74, 6) is 0. The molecular weight excluding hydrogens is 308 g/mol. The van der Waals surface area contributed by atoms with Gasteiger partial charge in [-0.05, 0) is 52.5 Å². The van der Waals surface area contributed by atoms with Gasteiger partial charge in [0, 0.05) is 22.0 Å². The van der Waals surface area contributed by atoms with Crippen molar-refractivity contribution in [1.29, 1.82) is 0 Å². The van der Waals surface area contributed by atoms with Crippen LogP contribution in [-0.4, -0.2) is 12.0 Å². The largest absolute Gasteiger partial charge is 0.311 e. The predicted molar refractivity (Wildman–Crippen MR) is 81.1 cm³/mol. The number of pyridine rings is 1. The molecule has 0 aliphatic carbocycles. The molecule has 18 heavy (non-hydrogen) atoms. The van der Waals surface area contributed by atoms with E-state index in [0.29, 0.717) is 0 Å². The van der Waals surface area contributed by atoms with Gasteiger partial charge in [0.05, 0.1) is 11.7 Å². The molecule has 2 nitrogen and oxygen atoms in total. The monoisotopic (exact) mass is 324 g/mol. The van der Waals surface area contributed by atoms with Crippen LogP contribution in [-0.2, 0) is 12.8 Å². The quantitative estimate of drug-likeness (QED) is 0.900. The molecule has 0 bridgehead atoms. The van der Waals surface area contributed by atoms with Gasteiger partial charge in [-0.15, -0.1) is 11.3 Å². The summed E-state index contributed by atoms with van der Waals surface area (Å²) in [4.78, 5) is 5.92. The Balaban J connectivity index is 2.25. The van der Waals surface area contributed by atoms with E-state index in [0.717, 1.165) is 12.8 Å². The maximum Gasteiger partial charge on any atom is 0.0608 e. The minimum absolute atomic E-state index is 0.274. The van der Waals surface area contributed by atoms with Crippen LogP contribution in [0.1, 0.15) is 29.1 Å². The summed E-state index contributed by atoms with van der Waals surface area (Å²) >= 11 is 5.38. The molecule has 0 fully saturated rings. The van der Waals surface area contributed by atoms with Gasteiger partial charge in [0.2, 0.25) is 0 Å². The van der Waals surface area contributed by atoms with Crippen molar-refractivity contribution in [1.82, 2.24) is 10.3 Å². The molecule has 0 aliphatic heterocycles. The Bertz CT molecular complexity index is 510. The van der Waals surface area contributed by atoms with Crippen molar-refractivity contribution < 1.29 is 0 Å². The lowest BCUT2D eigenvalue weighted by Gasteiger charge is -2.18. The van der Waals surface area contributed by atoms with Gasteiger partial charge in [-0.3, -0.25) is 4.98 Å². The van der Waals surface area contributed by atoms with Gasteiger partial charge in [0.25, 0.3) is 0 Å². The van der Waals surface area contributed by atoms with Crippen LogP contribution >= 0.6 is 27.3 Å². The standard InChI is InChI=1S/C14H17BrN2S/c1-3-10-5-4-7-17-14(10)12(16-2)9-13-11(15)6-8-18-13/h4-8,12,16H,3,9H2,1-2H3. The van der Waals surface area contributed by atoms with Crippen LogP contribution in [0.25, 0.3) is 0 Å². The Hall–Kier alpha value is -0.710. The summed E-state index contributed by atoms with van der Waals surface area (Å²) < 4.78 is 1.20. The molecule has 2 aromatic heterocycles. The highest BCUT2D eigenvalue weighted by atomic mass is 79.9. The first-order valence-corrected chi connectivity index (χ1v) is 7.76. The van der Waals surface area contributed by atoms with Crippen LogP contribution < -0.4 is 5.32 Å². The van der Waals surface area contributed by atoms with Crippen LogP contribution in [0, 0.1) is 0 Å². The van der Waals surface area contributed by atoms with Gasteiger partial charge >= 0.3 is 0 Å². The normalized spacial score (nSPS) is 12.6. The summed E-state index contributed by atoms with van der Waals surface area (Å²) in [6.07, 6.45) is 3.87. The minimum atomic E-state index is 0.274. The molecular formula is C14H17BrN2S. The van der Waals surface area contributed by atoms with E-state index in [1.807, 2.05) is 19.3 Å². The molecule has 0 amide bonds. The van der Waals surface area contributed by atoms with Gasteiger partial charge < -0.3 is 5.32 Å². The number of rotatable bonds is 5. The highest BCUT2D eigenvalue weighted by molar-refractivity contribution is 9.10. The number of aryl methyl sites for hydroxylation is 1. The first kappa shape index (κ1) is 13.7.